The number of amides is 1. The zero-order valence-corrected chi connectivity index (χ0v) is 11.6. The molecular formula is C16H22N2O. The lowest BCUT2D eigenvalue weighted by molar-refractivity contribution is -0.134. The van der Waals surface area contributed by atoms with Crippen LogP contribution in [0.4, 0.5) is 0 Å². The fourth-order valence-corrected chi connectivity index (χ4v) is 3.25. The summed E-state index contributed by atoms with van der Waals surface area (Å²) in [6, 6.07) is 6.72. The molecule has 1 aromatic carbocycles. The summed E-state index contributed by atoms with van der Waals surface area (Å²) in [5.74, 6) is 0.463. The molecule has 1 aliphatic heterocycles. The van der Waals surface area contributed by atoms with Crippen LogP contribution in [-0.2, 0) is 24.2 Å². The maximum atomic E-state index is 12.3. The minimum atomic E-state index is 0.180. The third-order valence-electron chi connectivity index (χ3n) is 4.37. The fraction of sp³-hybridized carbons (Fsp3) is 0.562. The van der Waals surface area contributed by atoms with Crippen LogP contribution >= 0.6 is 0 Å². The Morgan fingerprint density at radius 2 is 2.21 bits per heavy atom. The van der Waals surface area contributed by atoms with Crippen LogP contribution in [0.3, 0.4) is 0 Å². The summed E-state index contributed by atoms with van der Waals surface area (Å²) in [4.78, 5) is 14.2. The smallest absolute Gasteiger partial charge is 0.227 e. The molecular weight excluding hydrogens is 236 g/mol. The Morgan fingerprint density at radius 1 is 1.37 bits per heavy atom. The van der Waals surface area contributed by atoms with Crippen LogP contribution in [0.15, 0.2) is 18.2 Å². The molecule has 1 saturated heterocycles. The average molecular weight is 258 g/mol. The van der Waals surface area contributed by atoms with Crippen LogP contribution in [0.25, 0.3) is 0 Å². The van der Waals surface area contributed by atoms with Gasteiger partial charge in [-0.05, 0) is 48.9 Å². The summed E-state index contributed by atoms with van der Waals surface area (Å²) in [5.41, 5.74) is 4.25. The second kappa shape index (κ2) is 5.33. The van der Waals surface area contributed by atoms with Gasteiger partial charge >= 0.3 is 0 Å². The standard InChI is InChI=1S/C16H22N2O/c1-18(16(19)15-7-8-17-10-15)11-12-5-6-13-3-2-4-14(13)9-12/h5-6,9,15,17H,2-4,7-8,10-11H2,1H3. The zero-order chi connectivity index (χ0) is 13.2. The van der Waals surface area contributed by atoms with Gasteiger partial charge in [0.25, 0.3) is 0 Å². The molecule has 2 aliphatic rings. The maximum absolute atomic E-state index is 12.3. The third kappa shape index (κ3) is 2.66. The molecule has 102 valence electrons. The molecule has 0 saturated carbocycles. The predicted molar refractivity (Wildman–Crippen MR) is 75.9 cm³/mol. The van der Waals surface area contributed by atoms with Crippen LogP contribution in [-0.4, -0.2) is 30.9 Å². The second-order valence-electron chi connectivity index (χ2n) is 5.84. The van der Waals surface area contributed by atoms with Crippen LogP contribution in [0.2, 0.25) is 0 Å². The monoisotopic (exact) mass is 258 g/mol. The molecule has 1 heterocycles. The van der Waals surface area contributed by atoms with Crippen molar-refractivity contribution in [3.63, 3.8) is 0 Å². The summed E-state index contributed by atoms with van der Waals surface area (Å²) in [7, 11) is 1.92. The first-order valence-electron chi connectivity index (χ1n) is 7.30. The van der Waals surface area contributed by atoms with Crippen molar-refractivity contribution in [3.8, 4) is 0 Å². The predicted octanol–water partition coefficient (Wildman–Crippen LogP) is 1.74. The number of rotatable bonds is 3. The van der Waals surface area contributed by atoms with Crippen LogP contribution in [0.1, 0.15) is 29.5 Å². The van der Waals surface area contributed by atoms with Gasteiger partial charge < -0.3 is 10.2 Å². The number of benzene rings is 1. The van der Waals surface area contributed by atoms with Gasteiger partial charge in [-0.25, -0.2) is 0 Å². The topological polar surface area (TPSA) is 32.3 Å². The summed E-state index contributed by atoms with van der Waals surface area (Å²) < 4.78 is 0. The number of aryl methyl sites for hydroxylation is 2. The Kier molecular flexibility index (Phi) is 3.56. The molecule has 0 aromatic heterocycles. The first-order valence-corrected chi connectivity index (χ1v) is 7.30. The normalized spacial score (nSPS) is 21.4. The molecule has 1 aromatic rings. The van der Waals surface area contributed by atoms with Crippen molar-refractivity contribution in [1.29, 1.82) is 0 Å². The van der Waals surface area contributed by atoms with Gasteiger partial charge in [0.2, 0.25) is 5.91 Å². The van der Waals surface area contributed by atoms with Crippen LogP contribution < -0.4 is 5.32 Å². The van der Waals surface area contributed by atoms with E-state index in [9.17, 15) is 4.79 Å². The Balaban J connectivity index is 1.65. The van der Waals surface area contributed by atoms with Crippen molar-refractivity contribution in [3.05, 3.63) is 34.9 Å². The van der Waals surface area contributed by atoms with Crippen molar-refractivity contribution in [2.75, 3.05) is 20.1 Å². The minimum absolute atomic E-state index is 0.180. The number of hydrogen-bond donors (Lipinski definition) is 1. The molecule has 3 nitrogen and oxygen atoms in total. The lowest BCUT2D eigenvalue weighted by Crippen LogP contribution is -2.33. The Bertz CT molecular complexity index is 478. The number of hydrogen-bond acceptors (Lipinski definition) is 2. The molecule has 1 atom stereocenters. The Hall–Kier alpha value is -1.35. The largest absolute Gasteiger partial charge is 0.341 e. The SMILES string of the molecule is CN(Cc1ccc2c(c1)CCC2)C(=O)C1CCNC1. The van der Waals surface area contributed by atoms with E-state index >= 15 is 0 Å². The Labute approximate surface area is 115 Å². The number of nitrogens with one attached hydrogen (secondary N) is 1. The minimum Gasteiger partial charge on any atom is -0.341 e. The van der Waals surface area contributed by atoms with Gasteiger partial charge in [0.05, 0.1) is 5.92 Å². The van der Waals surface area contributed by atoms with Crippen molar-refractivity contribution >= 4 is 5.91 Å². The number of carbonyl (C=O) groups is 1. The molecule has 1 fully saturated rings. The van der Waals surface area contributed by atoms with E-state index in [1.54, 1.807) is 0 Å². The van der Waals surface area contributed by atoms with Crippen molar-refractivity contribution in [2.45, 2.75) is 32.2 Å². The van der Waals surface area contributed by atoms with E-state index in [1.165, 1.54) is 36.0 Å². The molecule has 0 radical (unpaired) electrons. The summed E-state index contributed by atoms with van der Waals surface area (Å²) >= 11 is 0. The number of fused-ring (bicyclic) bond motifs is 1. The van der Waals surface area contributed by atoms with Crippen molar-refractivity contribution < 1.29 is 4.79 Å². The highest BCUT2D eigenvalue weighted by molar-refractivity contribution is 5.79. The van der Waals surface area contributed by atoms with E-state index in [1.807, 2.05) is 11.9 Å². The average Bonchev–Trinajstić information content (AvgIpc) is 3.08. The van der Waals surface area contributed by atoms with Gasteiger partial charge in [0, 0.05) is 20.1 Å². The van der Waals surface area contributed by atoms with E-state index in [4.69, 9.17) is 0 Å². The van der Waals surface area contributed by atoms with Gasteiger partial charge in [-0.1, -0.05) is 18.2 Å². The molecule has 19 heavy (non-hydrogen) atoms. The number of carbonyl (C=O) groups excluding carboxylic acids is 1. The van der Waals surface area contributed by atoms with Crippen molar-refractivity contribution in [1.82, 2.24) is 10.2 Å². The molecule has 0 spiro atoms. The first kappa shape index (κ1) is 12.7. The lowest BCUT2D eigenvalue weighted by Gasteiger charge is -2.21. The highest BCUT2D eigenvalue weighted by Gasteiger charge is 2.25. The van der Waals surface area contributed by atoms with Gasteiger partial charge in [-0.3, -0.25) is 4.79 Å². The van der Waals surface area contributed by atoms with Gasteiger partial charge in [0.15, 0.2) is 0 Å². The molecule has 1 unspecified atom stereocenters. The molecule has 1 aliphatic carbocycles. The fourth-order valence-electron chi connectivity index (χ4n) is 3.25. The van der Waals surface area contributed by atoms with Crippen LogP contribution in [0.5, 0.6) is 0 Å². The van der Waals surface area contributed by atoms with E-state index in [0.717, 1.165) is 26.1 Å². The second-order valence-corrected chi connectivity index (χ2v) is 5.84. The third-order valence-corrected chi connectivity index (χ3v) is 4.37. The lowest BCUT2D eigenvalue weighted by atomic mass is 10.0. The zero-order valence-electron chi connectivity index (χ0n) is 11.6. The summed E-state index contributed by atoms with van der Waals surface area (Å²) in [6.07, 6.45) is 4.68. The molecule has 1 N–H and O–H groups in total. The highest BCUT2D eigenvalue weighted by Crippen LogP contribution is 2.23. The van der Waals surface area contributed by atoms with E-state index in [0.29, 0.717) is 0 Å². The number of nitrogens with zero attached hydrogens (tertiary/aromatic N) is 1. The quantitative estimate of drug-likeness (QED) is 0.895. The molecule has 3 rings (SSSR count). The summed E-state index contributed by atoms with van der Waals surface area (Å²) in [5, 5.41) is 3.26. The van der Waals surface area contributed by atoms with Gasteiger partial charge in [0.1, 0.15) is 0 Å². The Morgan fingerprint density at radius 3 is 3.00 bits per heavy atom. The molecule has 0 bridgehead atoms. The van der Waals surface area contributed by atoms with Gasteiger partial charge in [-0.15, -0.1) is 0 Å². The van der Waals surface area contributed by atoms with E-state index in [-0.39, 0.29) is 11.8 Å². The van der Waals surface area contributed by atoms with E-state index in [2.05, 4.69) is 23.5 Å². The van der Waals surface area contributed by atoms with Gasteiger partial charge in [-0.2, -0.15) is 0 Å². The highest BCUT2D eigenvalue weighted by atomic mass is 16.2. The molecule has 3 heteroatoms. The molecule has 1 amide bonds. The van der Waals surface area contributed by atoms with E-state index < -0.39 is 0 Å². The maximum Gasteiger partial charge on any atom is 0.227 e. The van der Waals surface area contributed by atoms with Crippen molar-refractivity contribution in [2.24, 2.45) is 5.92 Å². The first-order chi connectivity index (χ1) is 9.24. The van der Waals surface area contributed by atoms with Crippen LogP contribution in [0, 0.1) is 5.92 Å². The summed E-state index contributed by atoms with van der Waals surface area (Å²) in [6.45, 7) is 2.55.